The molecule has 0 saturated carbocycles. The topological polar surface area (TPSA) is 0 Å². The Kier molecular flexibility index (Phi) is 5.88. The highest BCUT2D eigenvalue weighted by Crippen LogP contribution is 2.25. The maximum absolute atomic E-state index is 6.15. The maximum atomic E-state index is 6.15. The summed E-state index contributed by atoms with van der Waals surface area (Å²) in [6.07, 6.45) is 1.05. The zero-order valence-electron chi connectivity index (χ0n) is 9.09. The molecule has 0 aromatic heterocycles. The maximum Gasteiger partial charge on any atom is 0.0449 e. The summed E-state index contributed by atoms with van der Waals surface area (Å²) in [5, 5.41) is 1.47. The van der Waals surface area contributed by atoms with Gasteiger partial charge in [0.25, 0.3) is 0 Å². The smallest absolute Gasteiger partial charge is 0.0449 e. The lowest BCUT2D eigenvalue weighted by Crippen LogP contribution is -1.97. The van der Waals surface area contributed by atoms with Gasteiger partial charge in [0.1, 0.15) is 0 Å². The molecule has 1 aromatic carbocycles. The van der Waals surface area contributed by atoms with Gasteiger partial charge in [-0.2, -0.15) is 11.8 Å². The van der Waals surface area contributed by atoms with Gasteiger partial charge in [0.2, 0.25) is 0 Å². The number of rotatable bonds is 5. The Morgan fingerprint density at radius 2 is 2.13 bits per heavy atom. The predicted molar refractivity (Wildman–Crippen MR) is 72.3 cm³/mol. The molecule has 0 spiro atoms. The van der Waals surface area contributed by atoms with Crippen molar-refractivity contribution < 1.29 is 0 Å². The number of halogens is 2. The van der Waals surface area contributed by atoms with Crippen LogP contribution in [-0.4, -0.2) is 11.1 Å². The molecule has 0 fully saturated rings. The molecule has 0 bridgehead atoms. The zero-order valence-corrected chi connectivity index (χ0v) is 11.4. The molecule has 0 aliphatic heterocycles. The molecule has 0 N–H and O–H groups in total. The van der Waals surface area contributed by atoms with Crippen molar-refractivity contribution in [3.63, 3.8) is 0 Å². The van der Waals surface area contributed by atoms with Crippen LogP contribution in [0.15, 0.2) is 18.2 Å². The first-order chi connectivity index (χ1) is 7.13. The van der Waals surface area contributed by atoms with Crippen LogP contribution in [0.1, 0.15) is 24.5 Å². The molecule has 0 aliphatic carbocycles. The largest absolute Gasteiger partial charge is 0.154 e. The van der Waals surface area contributed by atoms with Crippen molar-refractivity contribution in [2.24, 2.45) is 0 Å². The average molecular weight is 263 g/mol. The van der Waals surface area contributed by atoms with Crippen LogP contribution in [0.3, 0.4) is 0 Å². The zero-order chi connectivity index (χ0) is 11.3. The van der Waals surface area contributed by atoms with Crippen LogP contribution < -0.4 is 0 Å². The van der Waals surface area contributed by atoms with Gasteiger partial charge in [-0.15, -0.1) is 11.6 Å². The molecule has 0 saturated heterocycles. The Morgan fingerprint density at radius 3 is 2.73 bits per heavy atom. The summed E-state index contributed by atoms with van der Waals surface area (Å²) in [6.45, 7) is 4.26. The molecule has 0 amide bonds. The van der Waals surface area contributed by atoms with E-state index in [-0.39, 0.29) is 0 Å². The molecule has 0 radical (unpaired) electrons. The minimum absolute atomic E-state index is 0.597. The van der Waals surface area contributed by atoms with Crippen molar-refractivity contribution in [1.82, 2.24) is 0 Å². The van der Waals surface area contributed by atoms with Gasteiger partial charge in [-0.25, -0.2) is 0 Å². The second kappa shape index (κ2) is 6.67. The monoisotopic (exact) mass is 262 g/mol. The molecule has 84 valence electrons. The van der Waals surface area contributed by atoms with E-state index in [0.29, 0.717) is 5.25 Å². The third-order valence-electron chi connectivity index (χ3n) is 2.25. The highest BCUT2D eigenvalue weighted by molar-refractivity contribution is 7.99. The number of hydrogen-bond acceptors (Lipinski definition) is 1. The van der Waals surface area contributed by atoms with Gasteiger partial charge in [0.05, 0.1) is 0 Å². The summed E-state index contributed by atoms with van der Waals surface area (Å²) in [5.74, 6) is 1.70. The average Bonchev–Trinajstić information content (AvgIpc) is 2.17. The quantitative estimate of drug-likeness (QED) is 0.681. The second-order valence-corrected chi connectivity index (χ2v) is 5.91. The molecule has 1 aromatic rings. The van der Waals surface area contributed by atoms with Gasteiger partial charge in [0.15, 0.2) is 0 Å². The predicted octanol–water partition coefficient (Wildman–Crippen LogP) is 4.90. The highest BCUT2D eigenvalue weighted by Gasteiger charge is 2.05. The van der Waals surface area contributed by atoms with Crippen molar-refractivity contribution in [3.05, 3.63) is 34.3 Å². The molecule has 1 atom stereocenters. The normalized spacial score (nSPS) is 12.8. The summed E-state index contributed by atoms with van der Waals surface area (Å²) >= 11 is 13.7. The first kappa shape index (κ1) is 13.2. The molecule has 3 heteroatoms. The van der Waals surface area contributed by atoms with E-state index >= 15 is 0 Å². The fourth-order valence-corrected chi connectivity index (χ4v) is 3.08. The van der Waals surface area contributed by atoms with Crippen molar-refractivity contribution in [2.75, 3.05) is 5.88 Å². The van der Waals surface area contributed by atoms with Gasteiger partial charge in [-0.05, 0) is 30.5 Å². The summed E-state index contributed by atoms with van der Waals surface area (Å²) in [6, 6.07) is 6.23. The Bertz CT molecular complexity index is 312. The van der Waals surface area contributed by atoms with Crippen LogP contribution in [-0.2, 0) is 5.75 Å². The Labute approximate surface area is 106 Å². The SMILES string of the molecule is Cc1ccc(CSC(C)CCCl)c(Cl)c1. The molecule has 0 nitrogen and oxygen atoms in total. The van der Waals surface area contributed by atoms with E-state index in [1.54, 1.807) is 0 Å². The van der Waals surface area contributed by atoms with Crippen LogP contribution in [0.5, 0.6) is 0 Å². The summed E-state index contributed by atoms with van der Waals surface area (Å²) < 4.78 is 0. The first-order valence-corrected chi connectivity index (χ1v) is 7.02. The molecule has 1 rings (SSSR count). The minimum atomic E-state index is 0.597. The van der Waals surface area contributed by atoms with Crippen LogP contribution in [0.4, 0.5) is 0 Å². The lowest BCUT2D eigenvalue weighted by Gasteiger charge is -2.10. The fourth-order valence-electron chi connectivity index (χ4n) is 1.24. The van der Waals surface area contributed by atoms with Crippen LogP contribution in [0.2, 0.25) is 5.02 Å². The van der Waals surface area contributed by atoms with Crippen molar-refractivity contribution in [1.29, 1.82) is 0 Å². The second-order valence-electron chi connectivity index (χ2n) is 3.69. The van der Waals surface area contributed by atoms with E-state index in [1.807, 2.05) is 17.8 Å². The Balaban J connectivity index is 2.50. The summed E-state index contributed by atoms with van der Waals surface area (Å²) in [7, 11) is 0. The van der Waals surface area contributed by atoms with E-state index in [2.05, 4.69) is 26.0 Å². The lowest BCUT2D eigenvalue weighted by atomic mass is 10.2. The fraction of sp³-hybridized carbons (Fsp3) is 0.500. The molecule has 0 aliphatic rings. The van der Waals surface area contributed by atoms with Crippen LogP contribution in [0, 0.1) is 6.92 Å². The third-order valence-corrected chi connectivity index (χ3v) is 4.10. The van der Waals surface area contributed by atoms with E-state index in [4.69, 9.17) is 23.2 Å². The standard InChI is InChI=1S/C12H16Cl2S/c1-9-3-4-11(12(14)7-9)8-15-10(2)5-6-13/h3-4,7,10H,5-6,8H2,1-2H3. The number of benzene rings is 1. The van der Waals surface area contributed by atoms with E-state index in [9.17, 15) is 0 Å². The number of aryl methyl sites for hydroxylation is 1. The minimum Gasteiger partial charge on any atom is -0.154 e. The van der Waals surface area contributed by atoms with Crippen LogP contribution >= 0.6 is 35.0 Å². The van der Waals surface area contributed by atoms with E-state index < -0.39 is 0 Å². The molecule has 0 heterocycles. The van der Waals surface area contributed by atoms with Gasteiger partial charge in [0, 0.05) is 21.9 Å². The molecule has 15 heavy (non-hydrogen) atoms. The highest BCUT2D eigenvalue weighted by atomic mass is 35.5. The first-order valence-electron chi connectivity index (χ1n) is 5.06. The number of thioether (sulfide) groups is 1. The van der Waals surface area contributed by atoms with Crippen molar-refractivity contribution >= 4 is 35.0 Å². The molecular formula is C12H16Cl2S. The van der Waals surface area contributed by atoms with Crippen LogP contribution in [0.25, 0.3) is 0 Å². The van der Waals surface area contributed by atoms with E-state index in [0.717, 1.165) is 23.1 Å². The van der Waals surface area contributed by atoms with Gasteiger partial charge < -0.3 is 0 Å². The summed E-state index contributed by atoms with van der Waals surface area (Å²) in [5.41, 5.74) is 2.43. The van der Waals surface area contributed by atoms with Crippen molar-refractivity contribution in [3.8, 4) is 0 Å². The number of alkyl halides is 1. The van der Waals surface area contributed by atoms with Crippen molar-refractivity contribution in [2.45, 2.75) is 31.3 Å². The number of hydrogen-bond donors (Lipinski definition) is 0. The van der Waals surface area contributed by atoms with Gasteiger partial charge in [-0.3, -0.25) is 0 Å². The third kappa shape index (κ3) is 4.67. The van der Waals surface area contributed by atoms with Gasteiger partial charge >= 0.3 is 0 Å². The molecule has 1 unspecified atom stereocenters. The lowest BCUT2D eigenvalue weighted by molar-refractivity contribution is 0.912. The van der Waals surface area contributed by atoms with E-state index in [1.165, 1.54) is 11.1 Å². The Hall–Kier alpha value is 0.150. The van der Waals surface area contributed by atoms with Gasteiger partial charge in [-0.1, -0.05) is 30.7 Å². The molecular weight excluding hydrogens is 247 g/mol. The summed E-state index contributed by atoms with van der Waals surface area (Å²) in [4.78, 5) is 0. The Morgan fingerprint density at radius 1 is 1.40 bits per heavy atom.